The van der Waals surface area contributed by atoms with E-state index in [1.807, 2.05) is 13.8 Å². The van der Waals surface area contributed by atoms with Gasteiger partial charge in [-0.15, -0.1) is 0 Å². The zero-order chi connectivity index (χ0) is 15.1. The van der Waals surface area contributed by atoms with Crippen LogP contribution < -0.4 is 16.4 Å². The SMILES string of the molecule is CC(C)[C@H](N)C(=O)NCC(=O)NCC1CCCCN1C. The molecule has 0 aromatic carbocycles. The maximum Gasteiger partial charge on any atom is 0.239 e. The Labute approximate surface area is 121 Å². The van der Waals surface area contributed by atoms with E-state index < -0.39 is 6.04 Å². The number of hydrogen-bond acceptors (Lipinski definition) is 4. The third-order valence-corrected chi connectivity index (χ3v) is 3.90. The summed E-state index contributed by atoms with van der Waals surface area (Å²) in [6.45, 7) is 5.48. The molecular weight excluding hydrogens is 256 g/mol. The van der Waals surface area contributed by atoms with Gasteiger partial charge in [0.1, 0.15) is 0 Å². The second-order valence-corrected chi connectivity index (χ2v) is 5.92. The highest BCUT2D eigenvalue weighted by Crippen LogP contribution is 2.13. The predicted molar refractivity (Wildman–Crippen MR) is 79.1 cm³/mol. The highest BCUT2D eigenvalue weighted by molar-refractivity contribution is 5.87. The first-order chi connectivity index (χ1) is 9.41. The smallest absolute Gasteiger partial charge is 0.239 e. The van der Waals surface area contributed by atoms with E-state index in [-0.39, 0.29) is 24.3 Å². The van der Waals surface area contributed by atoms with E-state index in [0.717, 1.165) is 13.0 Å². The molecule has 4 N–H and O–H groups in total. The highest BCUT2D eigenvalue weighted by Gasteiger charge is 2.20. The molecule has 6 nitrogen and oxygen atoms in total. The zero-order valence-corrected chi connectivity index (χ0v) is 12.8. The summed E-state index contributed by atoms with van der Waals surface area (Å²) in [5.74, 6) is -0.368. The van der Waals surface area contributed by atoms with E-state index in [4.69, 9.17) is 5.73 Å². The first kappa shape index (κ1) is 16.9. The maximum atomic E-state index is 11.7. The molecule has 116 valence electrons. The maximum absolute atomic E-state index is 11.7. The molecule has 1 unspecified atom stereocenters. The Bertz CT molecular complexity index is 333. The fourth-order valence-electron chi connectivity index (χ4n) is 2.28. The van der Waals surface area contributed by atoms with Gasteiger partial charge in [-0.3, -0.25) is 9.59 Å². The lowest BCUT2D eigenvalue weighted by Crippen LogP contribution is -2.49. The van der Waals surface area contributed by atoms with Crippen LogP contribution in [0.4, 0.5) is 0 Å². The van der Waals surface area contributed by atoms with Gasteiger partial charge in [0.25, 0.3) is 0 Å². The number of piperidine rings is 1. The molecule has 0 aromatic rings. The Hall–Kier alpha value is -1.14. The molecule has 2 atom stereocenters. The minimum atomic E-state index is -0.563. The molecule has 20 heavy (non-hydrogen) atoms. The van der Waals surface area contributed by atoms with E-state index in [1.54, 1.807) is 0 Å². The second-order valence-electron chi connectivity index (χ2n) is 5.92. The van der Waals surface area contributed by atoms with Crippen LogP contribution in [0.2, 0.25) is 0 Å². The molecule has 0 saturated carbocycles. The monoisotopic (exact) mass is 284 g/mol. The Balaban J connectivity index is 2.21. The normalized spacial score (nSPS) is 21.6. The number of nitrogens with two attached hydrogens (primary N) is 1. The van der Waals surface area contributed by atoms with Gasteiger partial charge in [-0.2, -0.15) is 0 Å². The summed E-state index contributed by atoms with van der Waals surface area (Å²) in [4.78, 5) is 25.6. The average Bonchev–Trinajstić information content (AvgIpc) is 2.42. The molecule has 6 heteroatoms. The molecule has 2 amide bonds. The molecule has 0 aliphatic carbocycles. The van der Waals surface area contributed by atoms with Crippen LogP contribution in [0.1, 0.15) is 33.1 Å². The van der Waals surface area contributed by atoms with Gasteiger partial charge in [0.15, 0.2) is 0 Å². The first-order valence-electron chi connectivity index (χ1n) is 7.42. The summed E-state index contributed by atoms with van der Waals surface area (Å²) in [6.07, 6.45) is 3.55. The van der Waals surface area contributed by atoms with Gasteiger partial charge in [-0.1, -0.05) is 20.3 Å². The number of carbonyl (C=O) groups is 2. The third-order valence-electron chi connectivity index (χ3n) is 3.90. The van der Waals surface area contributed by atoms with Gasteiger partial charge in [-0.05, 0) is 32.4 Å². The fraction of sp³-hybridized carbons (Fsp3) is 0.857. The van der Waals surface area contributed by atoms with Crippen molar-refractivity contribution in [2.45, 2.75) is 45.2 Å². The van der Waals surface area contributed by atoms with Crippen LogP contribution in [-0.4, -0.2) is 55.5 Å². The fourth-order valence-corrected chi connectivity index (χ4v) is 2.28. The minimum Gasteiger partial charge on any atom is -0.353 e. The molecule has 1 fully saturated rings. The van der Waals surface area contributed by atoms with Crippen molar-refractivity contribution < 1.29 is 9.59 Å². The van der Waals surface area contributed by atoms with Crippen molar-refractivity contribution in [2.75, 3.05) is 26.7 Å². The topological polar surface area (TPSA) is 87.5 Å². The number of likely N-dealkylation sites (N-methyl/N-ethyl adjacent to an activating group) is 1. The summed E-state index contributed by atoms with van der Waals surface area (Å²) >= 11 is 0. The lowest BCUT2D eigenvalue weighted by Gasteiger charge is -2.32. The zero-order valence-electron chi connectivity index (χ0n) is 12.8. The standard InChI is InChI=1S/C14H28N4O2/c1-10(2)13(15)14(20)17-9-12(19)16-8-11-6-4-5-7-18(11)3/h10-11,13H,4-9,15H2,1-3H3,(H,16,19)(H,17,20)/t11?,13-/m0/s1. The van der Waals surface area contributed by atoms with E-state index in [2.05, 4.69) is 22.6 Å². The van der Waals surface area contributed by atoms with Crippen molar-refractivity contribution in [3.63, 3.8) is 0 Å². The summed E-state index contributed by atoms with van der Waals surface area (Å²) in [7, 11) is 2.08. The predicted octanol–water partition coefficient (Wildman–Crippen LogP) is -0.314. The number of amides is 2. The Morgan fingerprint density at radius 2 is 2.00 bits per heavy atom. The number of carbonyl (C=O) groups excluding carboxylic acids is 2. The van der Waals surface area contributed by atoms with E-state index in [0.29, 0.717) is 12.6 Å². The molecule has 1 aliphatic rings. The minimum absolute atomic E-state index is 0.00428. The van der Waals surface area contributed by atoms with Crippen LogP contribution in [0.25, 0.3) is 0 Å². The lowest BCUT2D eigenvalue weighted by molar-refractivity contribution is -0.127. The van der Waals surface area contributed by atoms with Crippen LogP contribution in [-0.2, 0) is 9.59 Å². The lowest BCUT2D eigenvalue weighted by atomic mass is 10.0. The first-order valence-corrected chi connectivity index (χ1v) is 7.42. The van der Waals surface area contributed by atoms with E-state index in [9.17, 15) is 9.59 Å². The van der Waals surface area contributed by atoms with Gasteiger partial charge >= 0.3 is 0 Å². The van der Waals surface area contributed by atoms with Crippen LogP contribution >= 0.6 is 0 Å². The van der Waals surface area contributed by atoms with Gasteiger partial charge in [-0.25, -0.2) is 0 Å². The Kier molecular flexibility index (Phi) is 6.95. The molecule has 1 heterocycles. The van der Waals surface area contributed by atoms with Crippen molar-refractivity contribution in [1.29, 1.82) is 0 Å². The summed E-state index contributed by atoms with van der Waals surface area (Å²) in [5, 5.41) is 5.44. The number of likely N-dealkylation sites (tertiary alicyclic amines) is 1. The molecule has 0 aromatic heterocycles. The van der Waals surface area contributed by atoms with Gasteiger partial charge < -0.3 is 21.3 Å². The number of nitrogens with zero attached hydrogens (tertiary/aromatic N) is 1. The largest absolute Gasteiger partial charge is 0.353 e. The van der Waals surface area contributed by atoms with Crippen LogP contribution in [0, 0.1) is 5.92 Å². The average molecular weight is 284 g/mol. The van der Waals surface area contributed by atoms with Crippen LogP contribution in [0.15, 0.2) is 0 Å². The Morgan fingerprint density at radius 3 is 2.60 bits per heavy atom. The molecule has 1 saturated heterocycles. The van der Waals surface area contributed by atoms with E-state index >= 15 is 0 Å². The summed E-state index contributed by atoms with van der Waals surface area (Å²) in [5.41, 5.74) is 5.70. The van der Waals surface area contributed by atoms with Crippen molar-refractivity contribution in [1.82, 2.24) is 15.5 Å². The summed E-state index contributed by atoms with van der Waals surface area (Å²) < 4.78 is 0. The molecule has 0 radical (unpaired) electrons. The van der Waals surface area contributed by atoms with E-state index in [1.165, 1.54) is 12.8 Å². The van der Waals surface area contributed by atoms with Crippen molar-refractivity contribution in [3.05, 3.63) is 0 Å². The number of hydrogen-bond donors (Lipinski definition) is 3. The van der Waals surface area contributed by atoms with Crippen molar-refractivity contribution in [2.24, 2.45) is 11.7 Å². The van der Waals surface area contributed by atoms with Gasteiger partial charge in [0.2, 0.25) is 11.8 Å². The third kappa shape index (κ3) is 5.46. The highest BCUT2D eigenvalue weighted by atomic mass is 16.2. The summed E-state index contributed by atoms with van der Waals surface area (Å²) in [6, 6.07) is -0.159. The molecule has 0 bridgehead atoms. The second kappa shape index (κ2) is 8.21. The van der Waals surface area contributed by atoms with Gasteiger partial charge in [0.05, 0.1) is 12.6 Å². The quantitative estimate of drug-likeness (QED) is 0.624. The molecule has 1 aliphatic heterocycles. The van der Waals surface area contributed by atoms with Crippen molar-refractivity contribution in [3.8, 4) is 0 Å². The van der Waals surface area contributed by atoms with Crippen LogP contribution in [0.3, 0.4) is 0 Å². The van der Waals surface area contributed by atoms with Crippen LogP contribution in [0.5, 0.6) is 0 Å². The van der Waals surface area contributed by atoms with Gasteiger partial charge in [0, 0.05) is 12.6 Å². The number of rotatable bonds is 6. The Morgan fingerprint density at radius 1 is 1.30 bits per heavy atom. The molecular formula is C14H28N4O2. The number of nitrogens with one attached hydrogen (secondary N) is 2. The van der Waals surface area contributed by atoms with Crippen molar-refractivity contribution >= 4 is 11.8 Å². The molecule has 0 spiro atoms. The molecule has 1 rings (SSSR count).